The zero-order valence-electron chi connectivity index (χ0n) is 11.0. The minimum Gasteiger partial charge on any atom is -0.381 e. The molecule has 1 atom stereocenters. The second kappa shape index (κ2) is 5.33. The Hall–Kier alpha value is -1.00. The molecule has 1 aromatic heterocycles. The van der Waals surface area contributed by atoms with E-state index < -0.39 is 0 Å². The van der Waals surface area contributed by atoms with Gasteiger partial charge in [-0.15, -0.1) is 0 Å². The fourth-order valence-electron chi connectivity index (χ4n) is 2.82. The first-order valence-electron chi connectivity index (χ1n) is 7.05. The van der Waals surface area contributed by atoms with Crippen LogP contribution in [0.4, 0.5) is 0 Å². The van der Waals surface area contributed by atoms with Gasteiger partial charge < -0.3 is 10.1 Å². The first kappa shape index (κ1) is 12.1. The average molecular weight is 247 g/mol. The van der Waals surface area contributed by atoms with Gasteiger partial charge in [-0.1, -0.05) is 13.3 Å². The van der Waals surface area contributed by atoms with Crippen LogP contribution in [0.15, 0.2) is 0 Å². The molecule has 3 rings (SSSR count). The number of nitrogens with zero attached hydrogens (tertiary/aromatic N) is 2. The maximum absolute atomic E-state index is 5.46. The van der Waals surface area contributed by atoms with Crippen molar-refractivity contribution in [1.29, 1.82) is 0 Å². The summed E-state index contributed by atoms with van der Waals surface area (Å²) in [4.78, 5) is 9.62. The van der Waals surface area contributed by atoms with E-state index in [1.54, 1.807) is 0 Å². The molecular weight excluding hydrogens is 226 g/mol. The summed E-state index contributed by atoms with van der Waals surface area (Å²) in [6, 6.07) is 0. The molecule has 4 heteroatoms. The van der Waals surface area contributed by atoms with E-state index in [1.165, 1.54) is 17.0 Å². The van der Waals surface area contributed by atoms with Gasteiger partial charge in [0.15, 0.2) is 0 Å². The minimum atomic E-state index is 0.410. The van der Waals surface area contributed by atoms with Crippen LogP contribution >= 0.6 is 0 Å². The van der Waals surface area contributed by atoms with Crippen LogP contribution in [0.5, 0.6) is 0 Å². The number of nitrogens with one attached hydrogen (secondary N) is 1. The fraction of sp³-hybridized carbons (Fsp3) is 0.714. The van der Waals surface area contributed by atoms with Crippen LogP contribution in [0.2, 0.25) is 0 Å². The number of fused-ring (bicyclic) bond motifs is 1. The third kappa shape index (κ3) is 2.27. The number of rotatable bonds is 3. The van der Waals surface area contributed by atoms with Crippen molar-refractivity contribution < 1.29 is 4.74 Å². The Kier molecular flexibility index (Phi) is 3.57. The summed E-state index contributed by atoms with van der Waals surface area (Å²) in [5, 5.41) is 3.41. The van der Waals surface area contributed by atoms with Crippen LogP contribution in [0.1, 0.15) is 48.5 Å². The van der Waals surface area contributed by atoms with Crippen molar-refractivity contribution in [2.24, 2.45) is 0 Å². The molecule has 0 saturated carbocycles. The molecule has 0 amide bonds. The zero-order valence-corrected chi connectivity index (χ0v) is 11.0. The SMILES string of the molecule is CCCc1nc(C2CCOC2)nc2c1CCNC2. The van der Waals surface area contributed by atoms with Crippen LogP contribution < -0.4 is 5.32 Å². The highest BCUT2D eigenvalue weighted by atomic mass is 16.5. The van der Waals surface area contributed by atoms with E-state index in [2.05, 4.69) is 12.2 Å². The van der Waals surface area contributed by atoms with Gasteiger partial charge in [0.25, 0.3) is 0 Å². The topological polar surface area (TPSA) is 47.0 Å². The predicted molar refractivity (Wildman–Crippen MR) is 69.6 cm³/mol. The lowest BCUT2D eigenvalue weighted by Gasteiger charge is -2.21. The third-order valence-electron chi connectivity index (χ3n) is 3.82. The lowest BCUT2D eigenvalue weighted by Crippen LogP contribution is -2.27. The second-order valence-corrected chi connectivity index (χ2v) is 5.19. The van der Waals surface area contributed by atoms with Crippen molar-refractivity contribution in [3.05, 3.63) is 22.8 Å². The van der Waals surface area contributed by atoms with Crippen LogP contribution in [0.3, 0.4) is 0 Å². The Morgan fingerprint density at radius 3 is 3.11 bits per heavy atom. The van der Waals surface area contributed by atoms with Gasteiger partial charge in [-0.3, -0.25) is 0 Å². The van der Waals surface area contributed by atoms with Crippen molar-refractivity contribution in [1.82, 2.24) is 15.3 Å². The van der Waals surface area contributed by atoms with Crippen molar-refractivity contribution in [2.45, 2.75) is 45.1 Å². The minimum absolute atomic E-state index is 0.410. The Labute approximate surface area is 108 Å². The third-order valence-corrected chi connectivity index (χ3v) is 3.82. The first-order chi connectivity index (χ1) is 8.88. The smallest absolute Gasteiger partial charge is 0.134 e. The van der Waals surface area contributed by atoms with Crippen molar-refractivity contribution in [2.75, 3.05) is 19.8 Å². The highest BCUT2D eigenvalue weighted by Gasteiger charge is 2.24. The van der Waals surface area contributed by atoms with E-state index >= 15 is 0 Å². The van der Waals surface area contributed by atoms with Gasteiger partial charge in [0.05, 0.1) is 12.3 Å². The van der Waals surface area contributed by atoms with Crippen molar-refractivity contribution in [3.8, 4) is 0 Å². The fourth-order valence-corrected chi connectivity index (χ4v) is 2.82. The summed E-state index contributed by atoms with van der Waals surface area (Å²) in [6.07, 6.45) is 4.37. The van der Waals surface area contributed by atoms with Gasteiger partial charge in [0.1, 0.15) is 5.82 Å². The molecule has 0 spiro atoms. The summed E-state index contributed by atoms with van der Waals surface area (Å²) in [7, 11) is 0. The summed E-state index contributed by atoms with van der Waals surface area (Å²) < 4.78 is 5.46. The van der Waals surface area contributed by atoms with Gasteiger partial charge in [-0.05, 0) is 31.4 Å². The summed E-state index contributed by atoms with van der Waals surface area (Å²) >= 11 is 0. The quantitative estimate of drug-likeness (QED) is 0.881. The molecule has 1 N–H and O–H groups in total. The molecule has 3 heterocycles. The van der Waals surface area contributed by atoms with Crippen LogP contribution in [-0.4, -0.2) is 29.7 Å². The normalized spacial score (nSPS) is 23.1. The van der Waals surface area contributed by atoms with E-state index in [9.17, 15) is 0 Å². The van der Waals surface area contributed by atoms with Gasteiger partial charge in [0, 0.05) is 24.8 Å². The van der Waals surface area contributed by atoms with Gasteiger partial charge >= 0.3 is 0 Å². The molecule has 1 unspecified atom stereocenters. The van der Waals surface area contributed by atoms with E-state index in [0.717, 1.165) is 57.8 Å². The molecule has 0 radical (unpaired) electrons. The monoisotopic (exact) mass is 247 g/mol. The summed E-state index contributed by atoms with van der Waals surface area (Å²) in [6.45, 7) is 5.81. The molecule has 2 aliphatic rings. The Bertz CT molecular complexity index is 427. The molecule has 0 bridgehead atoms. The number of ether oxygens (including phenoxy) is 1. The van der Waals surface area contributed by atoms with E-state index in [4.69, 9.17) is 14.7 Å². The average Bonchev–Trinajstić information content (AvgIpc) is 2.93. The summed E-state index contributed by atoms with van der Waals surface area (Å²) in [5.41, 5.74) is 3.91. The largest absolute Gasteiger partial charge is 0.381 e. The maximum Gasteiger partial charge on any atom is 0.134 e. The van der Waals surface area contributed by atoms with Crippen molar-refractivity contribution in [3.63, 3.8) is 0 Å². The first-order valence-corrected chi connectivity index (χ1v) is 7.05. The molecule has 0 aromatic carbocycles. The molecular formula is C14H21N3O. The lowest BCUT2D eigenvalue weighted by molar-refractivity contribution is 0.193. The van der Waals surface area contributed by atoms with Crippen LogP contribution in [0, 0.1) is 0 Å². The number of aryl methyl sites for hydroxylation is 1. The number of hydrogen-bond donors (Lipinski definition) is 1. The molecule has 1 saturated heterocycles. The van der Waals surface area contributed by atoms with Crippen molar-refractivity contribution >= 4 is 0 Å². The molecule has 2 aliphatic heterocycles. The number of aromatic nitrogens is 2. The van der Waals surface area contributed by atoms with Crippen LogP contribution in [-0.2, 0) is 24.1 Å². The molecule has 0 aliphatic carbocycles. The number of hydrogen-bond acceptors (Lipinski definition) is 4. The van der Waals surface area contributed by atoms with E-state index in [-0.39, 0.29) is 0 Å². The lowest BCUT2D eigenvalue weighted by atomic mass is 10.00. The second-order valence-electron chi connectivity index (χ2n) is 5.19. The zero-order chi connectivity index (χ0) is 12.4. The Balaban J connectivity index is 1.97. The predicted octanol–water partition coefficient (Wildman–Crippen LogP) is 1.58. The molecule has 98 valence electrons. The Morgan fingerprint density at radius 2 is 2.33 bits per heavy atom. The van der Waals surface area contributed by atoms with E-state index in [1.807, 2.05) is 0 Å². The van der Waals surface area contributed by atoms with Gasteiger partial charge in [-0.25, -0.2) is 9.97 Å². The standard InChI is InChI=1S/C14H21N3O/c1-2-3-12-11-4-6-15-8-13(11)17-14(16-12)10-5-7-18-9-10/h10,15H,2-9H2,1H3. The van der Waals surface area contributed by atoms with E-state index in [0.29, 0.717) is 5.92 Å². The van der Waals surface area contributed by atoms with Crippen LogP contribution in [0.25, 0.3) is 0 Å². The molecule has 4 nitrogen and oxygen atoms in total. The Morgan fingerprint density at radius 1 is 1.39 bits per heavy atom. The molecule has 18 heavy (non-hydrogen) atoms. The highest BCUT2D eigenvalue weighted by Crippen LogP contribution is 2.25. The van der Waals surface area contributed by atoms with Gasteiger partial charge in [0.2, 0.25) is 0 Å². The highest BCUT2D eigenvalue weighted by molar-refractivity contribution is 5.29. The maximum atomic E-state index is 5.46. The van der Waals surface area contributed by atoms with Gasteiger partial charge in [-0.2, -0.15) is 0 Å². The molecule has 1 aromatic rings. The summed E-state index contributed by atoms with van der Waals surface area (Å²) in [5.74, 6) is 1.42. The molecule has 1 fully saturated rings.